The van der Waals surface area contributed by atoms with Crippen LogP contribution in [0.5, 0.6) is 5.75 Å². The fourth-order valence-electron chi connectivity index (χ4n) is 8.33. The summed E-state index contributed by atoms with van der Waals surface area (Å²) in [5.41, 5.74) is 4.66. The topological polar surface area (TPSA) is 66.4 Å². The van der Waals surface area contributed by atoms with Crippen LogP contribution in [0.25, 0.3) is 0 Å². The van der Waals surface area contributed by atoms with Crippen molar-refractivity contribution in [2.24, 2.45) is 29.1 Å². The van der Waals surface area contributed by atoms with Gasteiger partial charge >= 0.3 is 265 Å². The van der Waals surface area contributed by atoms with Gasteiger partial charge in [0.2, 0.25) is 0 Å². The second-order valence-electron chi connectivity index (χ2n) is 13.7. The molecule has 1 heterocycles. The number of hydrogen-bond donors (Lipinski definition) is 2. The fraction of sp³-hybridized carbons (Fsp3) is 0.474. The molecule has 2 aliphatic carbocycles. The van der Waals surface area contributed by atoms with Gasteiger partial charge in [-0.05, 0) is 0 Å². The average Bonchev–Trinajstić information content (AvgIpc) is 3.27. The van der Waals surface area contributed by atoms with Crippen LogP contribution >= 0.6 is 0 Å². The normalized spacial score (nSPS) is 33.0. The van der Waals surface area contributed by atoms with Gasteiger partial charge in [0.15, 0.2) is 0 Å². The van der Waals surface area contributed by atoms with E-state index >= 15 is 4.79 Å². The molecule has 0 bridgehead atoms. The number of nitrogens with one attached hydrogen (secondary N) is 1. The van der Waals surface area contributed by atoms with Gasteiger partial charge in [0.05, 0.1) is 0 Å². The van der Waals surface area contributed by atoms with Crippen molar-refractivity contribution < 1.29 is 14.7 Å². The molecule has 2 N–H and O–H groups in total. The van der Waals surface area contributed by atoms with E-state index in [4.69, 9.17) is 0 Å². The van der Waals surface area contributed by atoms with E-state index < -0.39 is 4.31 Å². The zero-order chi connectivity index (χ0) is 30.9. The first-order chi connectivity index (χ1) is 20.5. The second kappa shape index (κ2) is 12.6. The summed E-state index contributed by atoms with van der Waals surface area (Å²) in [4.78, 5) is 29.8. The number of aromatic hydroxyl groups is 1. The van der Waals surface area contributed by atoms with Crippen molar-refractivity contribution in [3.63, 3.8) is 0 Å². The number of amides is 1. The molecule has 2 aromatic carbocycles. The minimum atomic E-state index is -1.07. The molecule has 1 aliphatic heterocycles. The maximum absolute atomic E-state index is 15.5. The van der Waals surface area contributed by atoms with Crippen LogP contribution in [0.15, 0.2) is 89.5 Å². The average molecular weight is 645 g/mol. The van der Waals surface area contributed by atoms with Gasteiger partial charge < -0.3 is 0 Å². The number of carbonyl (C=O) groups excluding carboxylic acids is 2. The summed E-state index contributed by atoms with van der Waals surface area (Å²) in [6.45, 7) is 13.3. The zero-order valence-corrected chi connectivity index (χ0v) is 28.2. The van der Waals surface area contributed by atoms with Gasteiger partial charge in [-0.2, -0.15) is 0 Å². The Hall–Kier alpha value is -2.88. The van der Waals surface area contributed by atoms with E-state index in [1.807, 2.05) is 30.3 Å². The Labute approximate surface area is 264 Å². The first-order valence-corrected chi connectivity index (χ1v) is 17.5. The molecule has 7 atom stereocenters. The van der Waals surface area contributed by atoms with E-state index in [0.717, 1.165) is 29.3 Å². The van der Waals surface area contributed by atoms with Crippen LogP contribution in [-0.2, 0) is 16.0 Å². The van der Waals surface area contributed by atoms with Crippen LogP contribution in [0.2, 0.25) is 4.31 Å². The first-order valence-electron chi connectivity index (χ1n) is 15.8. The summed E-state index contributed by atoms with van der Waals surface area (Å²) in [5, 5.41) is 13.1. The van der Waals surface area contributed by atoms with Crippen molar-refractivity contribution in [2.45, 2.75) is 84.0 Å². The van der Waals surface area contributed by atoms with Crippen LogP contribution in [0.1, 0.15) is 72.8 Å². The summed E-state index contributed by atoms with van der Waals surface area (Å²) in [5.74, 6) is 0.834. The van der Waals surface area contributed by atoms with Crippen LogP contribution in [0.4, 0.5) is 0 Å². The number of hydrogen-bond acceptors (Lipinski definition) is 3. The molecule has 1 saturated carbocycles. The van der Waals surface area contributed by atoms with E-state index in [1.54, 1.807) is 12.1 Å². The third kappa shape index (κ3) is 6.35. The van der Waals surface area contributed by atoms with Gasteiger partial charge in [0.1, 0.15) is 0 Å². The maximum atomic E-state index is 15.5. The van der Waals surface area contributed by atoms with Crippen LogP contribution in [0.3, 0.4) is 0 Å². The predicted octanol–water partition coefficient (Wildman–Crippen LogP) is 7.13. The van der Waals surface area contributed by atoms with Crippen LogP contribution in [-0.4, -0.2) is 37.8 Å². The number of rotatable bonds is 8. The van der Waals surface area contributed by atoms with Crippen LogP contribution < -0.4 is 9.78 Å². The quantitative estimate of drug-likeness (QED) is 0.139. The molecule has 3 aliphatic rings. The molecule has 2 fully saturated rings. The molecule has 0 radical (unpaired) electrons. The van der Waals surface area contributed by atoms with Gasteiger partial charge in [0, 0.05) is 0 Å². The molecule has 1 unspecified atom stereocenters. The molecule has 0 spiro atoms. The SMILES string of the molecule is C/C=C(C)/C=C(\C)[C@@H]1C(C)=C[C@]2(C)C[C@H](C)CC[C@H]2[C@@H]1C(=O)C1([Se]c2ccccc2)C[C@H](Cc2ccc(O)cc2)NC1=O. The minimum absolute atomic E-state index is 0.0127. The Morgan fingerprint density at radius 3 is 2.44 bits per heavy atom. The van der Waals surface area contributed by atoms with Gasteiger partial charge in [-0.3, -0.25) is 0 Å². The Balaban J connectivity index is 1.61. The summed E-state index contributed by atoms with van der Waals surface area (Å²) >= 11 is -0.367. The van der Waals surface area contributed by atoms with Gasteiger partial charge in [-0.15, -0.1) is 0 Å². The van der Waals surface area contributed by atoms with Crippen molar-refractivity contribution in [1.29, 1.82) is 0 Å². The molecule has 4 nitrogen and oxygen atoms in total. The molecule has 1 amide bonds. The first kappa shape index (κ1) is 31.5. The summed E-state index contributed by atoms with van der Waals surface area (Å²) in [6.07, 6.45) is 11.2. The Morgan fingerprint density at radius 2 is 1.77 bits per heavy atom. The third-order valence-corrected chi connectivity index (χ3v) is 13.2. The number of Topliss-reactive ketones (excluding diaryl/α,β-unsaturated/α-hetero) is 1. The summed E-state index contributed by atoms with van der Waals surface area (Å²) in [6, 6.07) is 17.2. The Bertz CT molecular complexity index is 1440. The molecule has 1 saturated heterocycles. The van der Waals surface area contributed by atoms with Crippen molar-refractivity contribution in [3.05, 3.63) is 95.1 Å². The number of benzene rings is 2. The summed E-state index contributed by atoms with van der Waals surface area (Å²) < 4.78 is 0.0107. The molecule has 5 rings (SSSR count). The number of fused-ring (bicyclic) bond motifs is 1. The number of phenols is 1. The van der Waals surface area contributed by atoms with E-state index in [9.17, 15) is 9.90 Å². The molecule has 2 aromatic rings. The standard InChI is InChI=1S/C38H47NO3Se/c1-7-24(2)19-26(4)33-27(5)22-37(6)21-25(3)13-18-32(37)34(33)35(41)38(43-31-11-9-8-10-12-31)23-29(39-36(38)42)20-28-14-16-30(40)17-15-28/h7-12,14-17,19,22,25,29,32-34,40H,13,18,20-21,23H2,1-6H3,(H,39,42)/b24-7+,26-19+/t25-,29+,32+,33-,34+,37+,38?/m1/s1. The van der Waals surface area contributed by atoms with E-state index in [1.165, 1.54) is 16.7 Å². The van der Waals surface area contributed by atoms with Crippen molar-refractivity contribution in [2.75, 3.05) is 0 Å². The third-order valence-electron chi connectivity index (χ3n) is 10.2. The van der Waals surface area contributed by atoms with Gasteiger partial charge in [-0.25, -0.2) is 0 Å². The van der Waals surface area contributed by atoms with E-state index in [2.05, 4.69) is 77.2 Å². The number of carbonyl (C=O) groups is 2. The monoisotopic (exact) mass is 645 g/mol. The molecular weight excluding hydrogens is 597 g/mol. The van der Waals surface area contributed by atoms with Crippen molar-refractivity contribution in [1.82, 2.24) is 5.32 Å². The molecule has 43 heavy (non-hydrogen) atoms. The zero-order valence-electron chi connectivity index (χ0n) is 26.5. The molecule has 228 valence electrons. The van der Waals surface area contributed by atoms with E-state index in [0.29, 0.717) is 18.8 Å². The van der Waals surface area contributed by atoms with Gasteiger partial charge in [-0.1, -0.05) is 0 Å². The number of ketones is 1. The molecular formula is C38H47NO3Se. The fourth-order valence-corrected chi connectivity index (χ4v) is 11.2. The second-order valence-corrected chi connectivity index (χ2v) is 16.5. The predicted molar refractivity (Wildman–Crippen MR) is 176 cm³/mol. The van der Waals surface area contributed by atoms with Gasteiger partial charge in [0.25, 0.3) is 0 Å². The molecule has 5 heteroatoms. The van der Waals surface area contributed by atoms with Crippen molar-refractivity contribution >= 4 is 31.1 Å². The van der Waals surface area contributed by atoms with Crippen molar-refractivity contribution in [3.8, 4) is 5.75 Å². The van der Waals surface area contributed by atoms with E-state index in [-0.39, 0.29) is 61.6 Å². The Kier molecular flexibility index (Phi) is 9.26. The number of phenolic OH excluding ortho intramolecular Hbond substituents is 1. The molecule has 0 aromatic heterocycles. The number of allylic oxidation sites excluding steroid dienone is 6. The summed E-state index contributed by atoms with van der Waals surface area (Å²) in [7, 11) is 0. The van der Waals surface area contributed by atoms with Crippen LogP contribution in [0, 0.1) is 29.1 Å². The Morgan fingerprint density at radius 1 is 1.07 bits per heavy atom.